The van der Waals surface area contributed by atoms with Crippen molar-refractivity contribution in [1.29, 1.82) is 0 Å². The molecule has 3 aliphatic rings. The van der Waals surface area contributed by atoms with Gasteiger partial charge >= 0.3 is 6.03 Å². The van der Waals surface area contributed by atoms with E-state index in [0.29, 0.717) is 6.54 Å². The Labute approximate surface area is 193 Å². The maximum absolute atomic E-state index is 13.5. The summed E-state index contributed by atoms with van der Waals surface area (Å²) in [7, 11) is 0. The standard InChI is InChI=1S/C27H28N4O2/c32-26(30-12-5-2-6-13-30)19-14-22-21-10-7-11-23-25(21)18(16-28-23)15-24(22)31(17-19)27(33)29-20-8-3-1-4-9-20/h1,3-4,7-11,14,16,19,24,28H,2,5-6,12-13,15,17H2,(H,29,33)/t19-,24-/m1/s1. The molecule has 0 bridgehead atoms. The number of aromatic nitrogens is 1. The van der Waals surface area contributed by atoms with Crippen LogP contribution in [0.25, 0.3) is 16.5 Å². The monoisotopic (exact) mass is 440 g/mol. The second kappa shape index (κ2) is 8.10. The van der Waals surface area contributed by atoms with Crippen molar-refractivity contribution in [3.05, 3.63) is 71.9 Å². The Bertz CT molecular complexity index is 1240. The van der Waals surface area contributed by atoms with Crippen LogP contribution in [0.2, 0.25) is 0 Å². The van der Waals surface area contributed by atoms with Gasteiger partial charge in [0, 0.05) is 42.4 Å². The second-order valence-corrected chi connectivity index (χ2v) is 9.32. The Hall–Kier alpha value is -3.54. The molecule has 2 atom stereocenters. The zero-order valence-corrected chi connectivity index (χ0v) is 18.6. The van der Waals surface area contributed by atoms with Gasteiger partial charge in [-0.2, -0.15) is 0 Å². The Kier molecular flexibility index (Phi) is 4.93. The van der Waals surface area contributed by atoms with Crippen molar-refractivity contribution in [2.45, 2.75) is 31.7 Å². The number of likely N-dealkylation sites (tertiary alicyclic amines) is 1. The summed E-state index contributed by atoms with van der Waals surface area (Å²) < 4.78 is 0. The molecule has 33 heavy (non-hydrogen) atoms. The van der Waals surface area contributed by atoms with Gasteiger partial charge in [0.2, 0.25) is 5.91 Å². The van der Waals surface area contributed by atoms with Gasteiger partial charge in [0.25, 0.3) is 0 Å². The third-order valence-electron chi connectivity index (χ3n) is 7.29. The van der Waals surface area contributed by atoms with E-state index >= 15 is 0 Å². The molecule has 0 saturated carbocycles. The first-order valence-electron chi connectivity index (χ1n) is 11.9. The molecule has 1 saturated heterocycles. The van der Waals surface area contributed by atoms with Gasteiger partial charge in [0.15, 0.2) is 0 Å². The molecular weight excluding hydrogens is 412 g/mol. The summed E-state index contributed by atoms with van der Waals surface area (Å²) in [4.78, 5) is 34.3. The molecule has 1 aliphatic carbocycles. The van der Waals surface area contributed by atoms with E-state index < -0.39 is 0 Å². The average molecular weight is 441 g/mol. The normalized spacial score (nSPS) is 22.0. The Balaban J connectivity index is 1.39. The largest absolute Gasteiger partial charge is 0.361 e. The van der Waals surface area contributed by atoms with E-state index in [-0.39, 0.29) is 23.9 Å². The summed E-state index contributed by atoms with van der Waals surface area (Å²) in [5.74, 6) is -0.183. The lowest BCUT2D eigenvalue weighted by Gasteiger charge is -2.42. The van der Waals surface area contributed by atoms with Gasteiger partial charge in [0.1, 0.15) is 0 Å². The van der Waals surface area contributed by atoms with Crippen LogP contribution in [0.3, 0.4) is 0 Å². The van der Waals surface area contributed by atoms with Crippen LogP contribution in [0.5, 0.6) is 0 Å². The van der Waals surface area contributed by atoms with Crippen molar-refractivity contribution in [3.63, 3.8) is 0 Å². The maximum Gasteiger partial charge on any atom is 0.322 e. The number of amides is 3. The number of piperidine rings is 1. The highest BCUT2D eigenvalue weighted by Gasteiger charge is 2.40. The first-order chi connectivity index (χ1) is 16.2. The number of carbonyl (C=O) groups is 2. The van der Waals surface area contributed by atoms with Gasteiger partial charge in [0.05, 0.1) is 12.0 Å². The van der Waals surface area contributed by atoms with Crippen LogP contribution in [-0.4, -0.2) is 52.4 Å². The van der Waals surface area contributed by atoms with Crippen molar-refractivity contribution in [3.8, 4) is 0 Å². The molecule has 1 aromatic heterocycles. The zero-order valence-electron chi connectivity index (χ0n) is 18.6. The lowest BCUT2D eigenvalue weighted by Crippen LogP contribution is -2.53. The summed E-state index contributed by atoms with van der Waals surface area (Å²) in [6.45, 7) is 2.03. The first-order valence-corrected chi connectivity index (χ1v) is 11.9. The van der Waals surface area contributed by atoms with E-state index in [1.54, 1.807) is 0 Å². The molecule has 2 aliphatic heterocycles. The number of hydrogen-bond acceptors (Lipinski definition) is 2. The van der Waals surface area contributed by atoms with Crippen LogP contribution >= 0.6 is 0 Å². The van der Waals surface area contributed by atoms with Crippen LogP contribution in [0.15, 0.2) is 60.8 Å². The van der Waals surface area contributed by atoms with E-state index in [1.165, 1.54) is 17.4 Å². The van der Waals surface area contributed by atoms with Crippen LogP contribution in [-0.2, 0) is 11.2 Å². The topological polar surface area (TPSA) is 68.4 Å². The fourth-order valence-corrected chi connectivity index (χ4v) is 5.68. The molecule has 3 aromatic rings. The van der Waals surface area contributed by atoms with Crippen LogP contribution in [0.4, 0.5) is 10.5 Å². The van der Waals surface area contributed by atoms with Crippen molar-refractivity contribution in [2.75, 3.05) is 25.0 Å². The van der Waals surface area contributed by atoms with Crippen molar-refractivity contribution in [1.82, 2.24) is 14.8 Å². The molecule has 0 radical (unpaired) electrons. The first kappa shape index (κ1) is 20.1. The average Bonchev–Trinajstić information content (AvgIpc) is 3.28. The summed E-state index contributed by atoms with van der Waals surface area (Å²) >= 11 is 0. The summed E-state index contributed by atoms with van der Waals surface area (Å²) in [6.07, 6.45) is 8.25. The smallest absolute Gasteiger partial charge is 0.322 e. The summed E-state index contributed by atoms with van der Waals surface area (Å²) in [6, 6.07) is 15.5. The predicted molar refractivity (Wildman–Crippen MR) is 130 cm³/mol. The van der Waals surface area contributed by atoms with Crippen LogP contribution in [0, 0.1) is 5.92 Å². The predicted octanol–water partition coefficient (Wildman–Crippen LogP) is 4.65. The number of urea groups is 1. The highest BCUT2D eigenvalue weighted by atomic mass is 16.2. The van der Waals surface area contributed by atoms with E-state index in [2.05, 4.69) is 34.7 Å². The number of aromatic amines is 1. The molecule has 6 rings (SSSR count). The van der Waals surface area contributed by atoms with Gasteiger partial charge in [-0.15, -0.1) is 0 Å². The molecule has 6 nitrogen and oxygen atoms in total. The number of nitrogens with one attached hydrogen (secondary N) is 2. The number of fused-ring (bicyclic) bond motifs is 2. The minimum atomic E-state index is -0.327. The molecule has 2 N–H and O–H groups in total. The number of nitrogens with zero attached hydrogens (tertiary/aromatic N) is 2. The summed E-state index contributed by atoms with van der Waals surface area (Å²) in [5, 5.41) is 4.27. The van der Waals surface area contributed by atoms with Gasteiger partial charge in [-0.25, -0.2) is 4.79 Å². The number of para-hydroxylation sites is 1. The molecule has 1 fully saturated rings. The minimum absolute atomic E-state index is 0.0898. The van der Waals surface area contributed by atoms with E-state index in [4.69, 9.17) is 0 Å². The molecular formula is C27H28N4O2. The molecule has 0 unspecified atom stereocenters. The van der Waals surface area contributed by atoms with Crippen LogP contribution in [0.1, 0.15) is 30.4 Å². The molecule has 0 spiro atoms. The Morgan fingerprint density at radius 1 is 0.970 bits per heavy atom. The molecule has 168 valence electrons. The Morgan fingerprint density at radius 3 is 2.61 bits per heavy atom. The SMILES string of the molecule is O=C([C@@H]1C=C2c3cccc4[nH]cc(c34)C[C@H]2N(C(=O)Nc2ccccc2)C1)N1CCCCC1. The number of anilines is 1. The number of benzene rings is 2. The zero-order chi connectivity index (χ0) is 22.4. The second-order valence-electron chi connectivity index (χ2n) is 9.32. The number of rotatable bonds is 2. The van der Waals surface area contributed by atoms with Crippen molar-refractivity contribution in [2.24, 2.45) is 5.92 Å². The number of H-pyrrole nitrogens is 1. The van der Waals surface area contributed by atoms with Gasteiger partial charge < -0.3 is 20.1 Å². The fourth-order valence-electron chi connectivity index (χ4n) is 5.68. The third-order valence-corrected chi connectivity index (χ3v) is 7.29. The quantitative estimate of drug-likeness (QED) is 0.609. The summed E-state index contributed by atoms with van der Waals surface area (Å²) in [5.41, 5.74) is 5.32. The van der Waals surface area contributed by atoms with Gasteiger partial charge in [-0.3, -0.25) is 4.79 Å². The van der Waals surface area contributed by atoms with Gasteiger partial charge in [-0.05, 0) is 60.6 Å². The van der Waals surface area contributed by atoms with E-state index in [0.717, 1.165) is 54.7 Å². The van der Waals surface area contributed by atoms with Gasteiger partial charge in [-0.1, -0.05) is 36.4 Å². The van der Waals surface area contributed by atoms with Crippen LogP contribution < -0.4 is 5.32 Å². The minimum Gasteiger partial charge on any atom is -0.361 e. The molecule has 2 aromatic carbocycles. The molecule has 3 amide bonds. The van der Waals surface area contributed by atoms with E-state index in [9.17, 15) is 9.59 Å². The number of carbonyl (C=O) groups excluding carboxylic acids is 2. The molecule has 6 heteroatoms. The van der Waals surface area contributed by atoms with E-state index in [1.807, 2.05) is 46.2 Å². The fraction of sp³-hybridized carbons (Fsp3) is 0.333. The number of hydrogen-bond donors (Lipinski definition) is 2. The van der Waals surface area contributed by atoms with Crippen molar-refractivity contribution >= 4 is 34.1 Å². The Morgan fingerprint density at radius 2 is 1.79 bits per heavy atom. The lowest BCUT2D eigenvalue weighted by atomic mass is 9.79. The highest BCUT2D eigenvalue weighted by molar-refractivity contribution is 6.01. The maximum atomic E-state index is 13.5. The lowest BCUT2D eigenvalue weighted by molar-refractivity contribution is -0.135. The van der Waals surface area contributed by atoms with Crippen molar-refractivity contribution < 1.29 is 9.59 Å². The highest BCUT2D eigenvalue weighted by Crippen LogP contribution is 2.41. The third kappa shape index (κ3) is 3.50. The molecule has 3 heterocycles.